The summed E-state index contributed by atoms with van der Waals surface area (Å²) >= 11 is 0. The highest BCUT2D eigenvalue weighted by Crippen LogP contribution is 2.16. The minimum Gasteiger partial charge on any atom is -0.326 e. The van der Waals surface area contributed by atoms with E-state index in [9.17, 15) is 18.0 Å². The molecule has 0 bridgehead atoms. The fraction of sp³-hybridized carbons (Fsp3) is 0.353. The summed E-state index contributed by atoms with van der Waals surface area (Å²) in [6.45, 7) is 5.17. The molecule has 146 valence electrons. The molecule has 0 spiro atoms. The molecule has 2 aromatic rings. The predicted octanol–water partition coefficient (Wildman–Crippen LogP) is 1.51. The predicted molar refractivity (Wildman–Crippen MR) is 102 cm³/mol. The van der Waals surface area contributed by atoms with Gasteiger partial charge in [-0.05, 0) is 31.2 Å². The minimum atomic E-state index is -3.83. The van der Waals surface area contributed by atoms with Gasteiger partial charge in [-0.1, -0.05) is 6.92 Å². The quantitative estimate of drug-likeness (QED) is 0.706. The second-order valence-electron chi connectivity index (χ2n) is 5.76. The summed E-state index contributed by atoms with van der Waals surface area (Å²) in [6.07, 6.45) is 2.72. The van der Waals surface area contributed by atoms with Crippen LogP contribution in [-0.2, 0) is 26.2 Å². The fourth-order valence-electron chi connectivity index (χ4n) is 2.46. The smallest absolute Gasteiger partial charge is 0.260 e. The summed E-state index contributed by atoms with van der Waals surface area (Å²) < 4.78 is 28.2. The number of imidazole rings is 1. The molecule has 2 amide bonds. The number of likely N-dealkylation sites (N-methyl/N-ethyl adjacent to an activating group) is 1. The lowest BCUT2D eigenvalue weighted by molar-refractivity contribution is -0.116. The Kier molecular flexibility index (Phi) is 6.70. The summed E-state index contributed by atoms with van der Waals surface area (Å²) in [5.74, 6) is -0.655. The van der Waals surface area contributed by atoms with Crippen LogP contribution >= 0.6 is 0 Å². The number of nitrogens with zero attached hydrogens (tertiary/aromatic N) is 3. The zero-order chi connectivity index (χ0) is 20.0. The van der Waals surface area contributed by atoms with E-state index in [-0.39, 0.29) is 24.0 Å². The summed E-state index contributed by atoms with van der Waals surface area (Å²) in [5.41, 5.74) is 1.10. The highest BCUT2D eigenvalue weighted by atomic mass is 32.2. The third-order valence-corrected chi connectivity index (χ3v) is 5.72. The molecule has 2 N–H and O–H groups in total. The van der Waals surface area contributed by atoms with Crippen LogP contribution in [0.25, 0.3) is 0 Å². The van der Waals surface area contributed by atoms with Gasteiger partial charge in [0.25, 0.3) is 10.0 Å². The molecule has 2 rings (SSSR count). The van der Waals surface area contributed by atoms with E-state index < -0.39 is 15.9 Å². The lowest BCUT2D eigenvalue weighted by Crippen LogP contribution is -2.38. The van der Waals surface area contributed by atoms with Gasteiger partial charge in [0.1, 0.15) is 0 Å². The number of benzene rings is 1. The van der Waals surface area contributed by atoms with Crippen molar-refractivity contribution < 1.29 is 18.0 Å². The second-order valence-corrected chi connectivity index (χ2v) is 7.64. The van der Waals surface area contributed by atoms with E-state index in [2.05, 4.69) is 15.6 Å². The van der Waals surface area contributed by atoms with Gasteiger partial charge < -0.3 is 15.2 Å². The number of hydrogen-bond donors (Lipinski definition) is 2. The van der Waals surface area contributed by atoms with Crippen LogP contribution in [0.3, 0.4) is 0 Å². The van der Waals surface area contributed by atoms with Gasteiger partial charge in [0.15, 0.2) is 5.03 Å². The van der Waals surface area contributed by atoms with Crippen LogP contribution in [0.5, 0.6) is 0 Å². The SMILES string of the molecule is CCN(CC(=O)Nc1ccc(NC(C)=O)cc1)S(=O)(=O)c1cncn1CC. The Bertz CT molecular complexity index is 906. The molecule has 1 aromatic carbocycles. The Morgan fingerprint density at radius 3 is 2.22 bits per heavy atom. The van der Waals surface area contributed by atoms with Crippen molar-refractivity contribution in [3.63, 3.8) is 0 Å². The van der Waals surface area contributed by atoms with Crippen molar-refractivity contribution >= 4 is 33.2 Å². The molecular formula is C17H23N5O4S. The number of aryl methyl sites for hydroxylation is 1. The van der Waals surface area contributed by atoms with Gasteiger partial charge in [0.05, 0.1) is 19.1 Å². The number of sulfonamides is 1. The van der Waals surface area contributed by atoms with Crippen LogP contribution in [0.1, 0.15) is 20.8 Å². The maximum Gasteiger partial charge on any atom is 0.260 e. The van der Waals surface area contributed by atoms with E-state index in [4.69, 9.17) is 0 Å². The lowest BCUT2D eigenvalue weighted by Gasteiger charge is -2.20. The number of carbonyl (C=O) groups is 2. The summed E-state index contributed by atoms with van der Waals surface area (Å²) in [5, 5.41) is 5.33. The molecular weight excluding hydrogens is 370 g/mol. The Balaban J connectivity index is 2.07. The van der Waals surface area contributed by atoms with Gasteiger partial charge in [-0.25, -0.2) is 13.4 Å². The minimum absolute atomic E-state index is 0.0549. The molecule has 0 aliphatic rings. The zero-order valence-corrected chi connectivity index (χ0v) is 16.3. The van der Waals surface area contributed by atoms with Gasteiger partial charge >= 0.3 is 0 Å². The molecule has 1 aromatic heterocycles. The van der Waals surface area contributed by atoms with Crippen molar-refractivity contribution in [2.75, 3.05) is 23.7 Å². The third-order valence-electron chi connectivity index (χ3n) is 3.78. The average Bonchev–Trinajstić information content (AvgIpc) is 3.10. The number of rotatable bonds is 8. The molecule has 9 nitrogen and oxygen atoms in total. The summed E-state index contributed by atoms with van der Waals surface area (Å²) in [4.78, 5) is 27.2. The first-order valence-electron chi connectivity index (χ1n) is 8.45. The first-order chi connectivity index (χ1) is 12.8. The number of hydrogen-bond acceptors (Lipinski definition) is 5. The topological polar surface area (TPSA) is 113 Å². The molecule has 0 unspecified atom stereocenters. The first-order valence-corrected chi connectivity index (χ1v) is 9.89. The lowest BCUT2D eigenvalue weighted by atomic mass is 10.2. The molecule has 0 aliphatic carbocycles. The Morgan fingerprint density at radius 1 is 1.11 bits per heavy atom. The van der Waals surface area contributed by atoms with E-state index in [1.165, 1.54) is 24.0 Å². The number of nitrogens with one attached hydrogen (secondary N) is 2. The molecule has 0 saturated heterocycles. The maximum absolute atomic E-state index is 12.8. The van der Waals surface area contributed by atoms with Crippen molar-refractivity contribution in [3.05, 3.63) is 36.8 Å². The molecule has 27 heavy (non-hydrogen) atoms. The van der Waals surface area contributed by atoms with Crippen LogP contribution in [0, 0.1) is 0 Å². The maximum atomic E-state index is 12.8. The van der Waals surface area contributed by atoms with E-state index in [0.29, 0.717) is 17.9 Å². The number of amides is 2. The van der Waals surface area contributed by atoms with Crippen molar-refractivity contribution in [1.82, 2.24) is 13.9 Å². The van der Waals surface area contributed by atoms with Gasteiger partial charge in [-0.15, -0.1) is 0 Å². The normalized spacial score (nSPS) is 11.4. The molecule has 0 radical (unpaired) electrons. The highest BCUT2D eigenvalue weighted by Gasteiger charge is 2.28. The molecule has 0 aliphatic heterocycles. The van der Waals surface area contributed by atoms with Crippen LogP contribution < -0.4 is 10.6 Å². The van der Waals surface area contributed by atoms with E-state index in [1.807, 2.05) is 6.92 Å². The Morgan fingerprint density at radius 2 is 1.70 bits per heavy atom. The van der Waals surface area contributed by atoms with E-state index >= 15 is 0 Å². The Labute approximate surface area is 158 Å². The van der Waals surface area contributed by atoms with Crippen molar-refractivity contribution in [2.45, 2.75) is 32.3 Å². The largest absolute Gasteiger partial charge is 0.326 e. The third kappa shape index (κ3) is 5.14. The zero-order valence-electron chi connectivity index (χ0n) is 15.5. The van der Waals surface area contributed by atoms with Crippen molar-refractivity contribution in [3.8, 4) is 0 Å². The van der Waals surface area contributed by atoms with Crippen LogP contribution in [-0.4, -0.2) is 47.2 Å². The molecule has 0 saturated carbocycles. The van der Waals surface area contributed by atoms with E-state index in [0.717, 1.165) is 4.31 Å². The van der Waals surface area contributed by atoms with Crippen LogP contribution in [0.2, 0.25) is 0 Å². The standard InChI is InChI=1S/C17H23N5O4S/c1-4-21-12-18-10-17(21)27(25,26)22(5-2)11-16(24)20-15-8-6-14(7-9-15)19-13(3)23/h6-10,12H,4-5,11H2,1-3H3,(H,19,23)(H,20,24). The Hall–Kier alpha value is -2.72. The highest BCUT2D eigenvalue weighted by molar-refractivity contribution is 7.89. The van der Waals surface area contributed by atoms with Crippen molar-refractivity contribution in [2.24, 2.45) is 0 Å². The van der Waals surface area contributed by atoms with Gasteiger partial charge in [-0.2, -0.15) is 4.31 Å². The molecule has 0 atom stereocenters. The number of anilines is 2. The van der Waals surface area contributed by atoms with Gasteiger partial charge in [0.2, 0.25) is 11.8 Å². The first kappa shape index (κ1) is 20.6. The second kappa shape index (κ2) is 8.78. The average molecular weight is 393 g/mol. The summed E-state index contributed by atoms with van der Waals surface area (Å²) in [6, 6.07) is 6.54. The number of carbonyl (C=O) groups excluding carboxylic acids is 2. The summed E-state index contributed by atoms with van der Waals surface area (Å²) in [7, 11) is -3.83. The molecule has 1 heterocycles. The van der Waals surface area contributed by atoms with Gasteiger partial charge in [-0.3, -0.25) is 9.59 Å². The van der Waals surface area contributed by atoms with Crippen molar-refractivity contribution in [1.29, 1.82) is 0 Å². The van der Waals surface area contributed by atoms with E-state index in [1.54, 1.807) is 31.2 Å². The van der Waals surface area contributed by atoms with Crippen LogP contribution in [0.15, 0.2) is 41.8 Å². The van der Waals surface area contributed by atoms with Gasteiger partial charge in [0, 0.05) is 31.4 Å². The molecule has 10 heteroatoms. The van der Waals surface area contributed by atoms with Crippen LogP contribution in [0.4, 0.5) is 11.4 Å². The monoisotopic (exact) mass is 393 g/mol. The number of aromatic nitrogens is 2. The molecule has 0 fully saturated rings. The fourth-order valence-corrected chi connectivity index (χ4v) is 4.02.